The van der Waals surface area contributed by atoms with E-state index in [0.29, 0.717) is 0 Å². The molecule has 0 spiro atoms. The fourth-order valence-corrected chi connectivity index (χ4v) is 19.7. The molecular weight excluding hydrogens is 529 g/mol. The van der Waals surface area contributed by atoms with Crippen molar-refractivity contribution in [1.29, 1.82) is 0 Å². The largest absolute Gasteiger partial charge is 2.00 e. The fraction of sp³-hybridized carbons (Fsp3) is 0.643. The van der Waals surface area contributed by atoms with Crippen molar-refractivity contribution >= 4 is 56.0 Å². The van der Waals surface area contributed by atoms with Crippen LogP contribution in [0.3, 0.4) is 0 Å². The van der Waals surface area contributed by atoms with Crippen LogP contribution in [0.25, 0.3) is 9.30 Å². The summed E-state index contributed by atoms with van der Waals surface area (Å²) in [6.07, 6.45) is 3.78. The van der Waals surface area contributed by atoms with Crippen molar-refractivity contribution in [3.63, 3.8) is 0 Å². The summed E-state index contributed by atoms with van der Waals surface area (Å²) in [5.74, 6) is 0. The van der Waals surface area contributed by atoms with Crippen LogP contribution in [0.2, 0.25) is 78.6 Å². The van der Waals surface area contributed by atoms with Crippen molar-refractivity contribution in [2.75, 3.05) is 0 Å². The maximum atomic E-state index is 4.82. The Kier molecular flexibility index (Phi) is 19.6. The van der Waals surface area contributed by atoms with E-state index in [4.69, 9.17) is 9.30 Å². The van der Waals surface area contributed by atoms with Gasteiger partial charge < -0.3 is 9.30 Å². The number of hydrogen-bond acceptors (Lipinski definition) is 2. The Bertz CT molecular complexity index is 811. The minimum Gasteiger partial charge on any atom is -0.668 e. The molecule has 2 aromatic heterocycles. The Balaban J connectivity index is -0.000000413. The molecule has 0 aliphatic rings. The Morgan fingerprint density at radius 1 is 0.459 bits per heavy atom. The third kappa shape index (κ3) is 28.7. The maximum Gasteiger partial charge on any atom is 2.00 e. The number of aryl methyl sites for hydroxylation is 6. The van der Waals surface area contributed by atoms with Crippen molar-refractivity contribution in [2.24, 2.45) is 0 Å². The van der Waals surface area contributed by atoms with Crippen LogP contribution in [0, 0.1) is 41.5 Å². The van der Waals surface area contributed by atoms with E-state index < -0.39 is 32.9 Å². The molecule has 2 rings (SSSR count). The first-order chi connectivity index (χ1) is 15.8. The molecule has 0 fully saturated rings. The molecule has 0 aliphatic carbocycles. The van der Waals surface area contributed by atoms with E-state index in [1.54, 1.807) is 0 Å². The van der Waals surface area contributed by atoms with Gasteiger partial charge >= 0.3 is 23.1 Å². The predicted octanol–water partition coefficient (Wildman–Crippen LogP) is 9.69. The van der Waals surface area contributed by atoms with Crippen molar-refractivity contribution in [3.05, 3.63) is 67.5 Å². The van der Waals surface area contributed by atoms with Gasteiger partial charge in [-0.15, -0.1) is 0 Å². The fourth-order valence-electron chi connectivity index (χ4n) is 3.58. The van der Waals surface area contributed by atoms with Crippen molar-refractivity contribution in [3.8, 4) is 0 Å². The van der Waals surface area contributed by atoms with Crippen LogP contribution < -0.4 is 0 Å². The number of aromatic nitrogens is 2. The van der Waals surface area contributed by atoms with Gasteiger partial charge in [0.2, 0.25) is 0 Å². The summed E-state index contributed by atoms with van der Waals surface area (Å²) in [6.45, 7) is 39.9. The first-order valence-electron chi connectivity index (χ1n) is 13.1. The first-order valence-corrected chi connectivity index (χ1v) is 26.9. The third-order valence-electron chi connectivity index (χ3n) is 4.30. The van der Waals surface area contributed by atoms with Gasteiger partial charge in [-0.3, -0.25) is 9.97 Å². The van der Waals surface area contributed by atoms with Crippen LogP contribution in [-0.2, 0) is 0 Å². The number of pyridine rings is 2. The molecule has 9 heteroatoms. The van der Waals surface area contributed by atoms with Crippen LogP contribution in [0.15, 0.2) is 24.5 Å². The quantitative estimate of drug-likeness (QED) is 0.335. The van der Waals surface area contributed by atoms with Crippen LogP contribution in [-0.4, -0.2) is 66.0 Å². The molecular formula is C28H58MgN4Si4. The van der Waals surface area contributed by atoms with Gasteiger partial charge in [0.15, 0.2) is 0 Å². The standard InChI is InChI=1S/2C8H11N.2C6H18NSi2.Mg/c2*1-6-4-7(2)8(3)9-5-6;2*1-8(2,3)7-9(4,5)6;/h2*4-5H,1-3H3;2*1-6H3;/q;;2*-1;+2. The van der Waals surface area contributed by atoms with E-state index in [9.17, 15) is 0 Å². The summed E-state index contributed by atoms with van der Waals surface area (Å²) in [5.41, 5.74) is 7.27. The van der Waals surface area contributed by atoms with E-state index in [-0.39, 0.29) is 23.1 Å². The zero-order valence-electron chi connectivity index (χ0n) is 27.8. The second-order valence-electron chi connectivity index (χ2n) is 13.7. The number of hydrogen-bond donors (Lipinski definition) is 0. The Morgan fingerprint density at radius 2 is 0.676 bits per heavy atom. The van der Waals surface area contributed by atoms with E-state index in [1.165, 1.54) is 22.3 Å². The summed E-state index contributed by atoms with van der Waals surface area (Å²) < 4.78 is 9.64. The summed E-state index contributed by atoms with van der Waals surface area (Å²) in [5, 5.41) is 0. The molecule has 2 heterocycles. The smallest absolute Gasteiger partial charge is 0.668 e. The Labute approximate surface area is 252 Å². The maximum absolute atomic E-state index is 4.82. The van der Waals surface area contributed by atoms with Gasteiger partial charge in [-0.25, -0.2) is 0 Å². The third-order valence-corrected chi connectivity index (χ3v) is 15.0. The molecule has 2 aromatic rings. The molecule has 0 aromatic carbocycles. The summed E-state index contributed by atoms with van der Waals surface area (Å²) in [4.78, 5) is 8.36. The zero-order valence-corrected chi connectivity index (χ0v) is 33.2. The second kappa shape index (κ2) is 17.5. The van der Waals surface area contributed by atoms with E-state index in [0.717, 1.165) is 11.4 Å². The molecule has 0 bridgehead atoms. The van der Waals surface area contributed by atoms with Gasteiger partial charge in [-0.05, 0) is 63.8 Å². The van der Waals surface area contributed by atoms with Crippen LogP contribution >= 0.6 is 0 Å². The average molecular weight is 587 g/mol. The van der Waals surface area contributed by atoms with E-state index in [1.807, 2.05) is 26.2 Å². The van der Waals surface area contributed by atoms with Gasteiger partial charge in [-0.2, -0.15) is 0 Å². The summed E-state index contributed by atoms with van der Waals surface area (Å²) >= 11 is 0. The molecule has 0 saturated carbocycles. The van der Waals surface area contributed by atoms with Gasteiger partial charge in [0.25, 0.3) is 0 Å². The van der Waals surface area contributed by atoms with Crippen LogP contribution in [0.5, 0.6) is 0 Å². The van der Waals surface area contributed by atoms with Crippen LogP contribution in [0.1, 0.15) is 33.6 Å². The number of rotatable bonds is 4. The Hall–Kier alpha value is -0.146. The SMILES string of the molecule is C[Si](C)(C)[N-][Si](C)(C)C.C[Si](C)(C)[N-][Si](C)(C)C.Cc1cnc(C)c(C)c1.Cc1cnc(C)c(C)c1.[Mg+2]. The van der Waals surface area contributed by atoms with Gasteiger partial charge in [-0.1, -0.05) is 124 Å². The molecule has 0 atom stereocenters. The Morgan fingerprint density at radius 3 is 0.784 bits per heavy atom. The molecule has 0 aliphatic heterocycles. The van der Waals surface area contributed by atoms with E-state index in [2.05, 4.69) is 128 Å². The topological polar surface area (TPSA) is 54.0 Å². The molecule has 208 valence electrons. The summed E-state index contributed by atoms with van der Waals surface area (Å²) in [6, 6.07) is 4.28. The normalized spacial score (nSPS) is 11.5. The minimum atomic E-state index is -1.11. The molecule has 0 radical (unpaired) electrons. The molecule has 0 unspecified atom stereocenters. The molecule has 0 saturated heterocycles. The van der Waals surface area contributed by atoms with Gasteiger partial charge in [0.1, 0.15) is 0 Å². The van der Waals surface area contributed by atoms with Crippen molar-refractivity contribution in [1.82, 2.24) is 9.97 Å². The van der Waals surface area contributed by atoms with E-state index >= 15 is 0 Å². The van der Waals surface area contributed by atoms with Crippen molar-refractivity contribution < 1.29 is 0 Å². The molecule has 0 N–H and O–H groups in total. The molecule has 4 nitrogen and oxygen atoms in total. The minimum absolute atomic E-state index is 0. The summed E-state index contributed by atoms with van der Waals surface area (Å²) in [7, 11) is -4.42. The monoisotopic (exact) mass is 586 g/mol. The first kappa shape index (κ1) is 41.3. The van der Waals surface area contributed by atoms with Crippen LogP contribution in [0.4, 0.5) is 0 Å². The molecule has 37 heavy (non-hydrogen) atoms. The molecule has 0 amide bonds. The predicted molar refractivity (Wildman–Crippen MR) is 183 cm³/mol. The van der Waals surface area contributed by atoms with Crippen molar-refractivity contribution in [2.45, 2.75) is 120 Å². The second-order valence-corrected chi connectivity index (χ2v) is 32.9. The zero-order chi connectivity index (χ0) is 29.1. The van der Waals surface area contributed by atoms with Gasteiger partial charge in [0.05, 0.1) is 0 Å². The van der Waals surface area contributed by atoms with Gasteiger partial charge in [0, 0.05) is 23.8 Å². The number of nitrogens with zero attached hydrogens (tertiary/aromatic N) is 4. The average Bonchev–Trinajstić information content (AvgIpc) is 2.57.